The molecule has 0 bridgehead atoms. The van der Waals surface area contributed by atoms with Crippen LogP contribution in [0.25, 0.3) is 0 Å². The SMILES string of the molecule is COc1ccccc1C1(C)CC(O)CCO1. The van der Waals surface area contributed by atoms with E-state index in [9.17, 15) is 5.11 Å². The molecule has 1 heterocycles. The Balaban J connectivity index is 2.34. The van der Waals surface area contributed by atoms with Gasteiger partial charge in [-0.05, 0) is 19.4 Å². The normalized spacial score (nSPS) is 30.1. The average Bonchev–Trinajstić information content (AvgIpc) is 2.29. The summed E-state index contributed by atoms with van der Waals surface area (Å²) in [4.78, 5) is 0. The van der Waals surface area contributed by atoms with Gasteiger partial charge in [-0.3, -0.25) is 0 Å². The van der Waals surface area contributed by atoms with Gasteiger partial charge in [0.15, 0.2) is 0 Å². The highest BCUT2D eigenvalue weighted by atomic mass is 16.5. The molecule has 2 unspecified atom stereocenters. The van der Waals surface area contributed by atoms with E-state index in [1.54, 1.807) is 7.11 Å². The van der Waals surface area contributed by atoms with Gasteiger partial charge < -0.3 is 14.6 Å². The fourth-order valence-corrected chi connectivity index (χ4v) is 2.30. The van der Waals surface area contributed by atoms with Crippen LogP contribution in [0.3, 0.4) is 0 Å². The van der Waals surface area contributed by atoms with Crippen molar-refractivity contribution in [2.45, 2.75) is 31.5 Å². The molecule has 0 radical (unpaired) electrons. The first-order valence-corrected chi connectivity index (χ1v) is 5.61. The Morgan fingerprint density at radius 1 is 1.44 bits per heavy atom. The third-order valence-electron chi connectivity index (χ3n) is 3.17. The first-order valence-electron chi connectivity index (χ1n) is 5.61. The Morgan fingerprint density at radius 2 is 2.19 bits per heavy atom. The molecule has 1 N–H and O–H groups in total. The second kappa shape index (κ2) is 4.44. The van der Waals surface area contributed by atoms with Crippen molar-refractivity contribution in [2.75, 3.05) is 13.7 Å². The molecule has 16 heavy (non-hydrogen) atoms. The van der Waals surface area contributed by atoms with Gasteiger partial charge in [-0.1, -0.05) is 18.2 Å². The van der Waals surface area contributed by atoms with Crippen molar-refractivity contribution >= 4 is 0 Å². The van der Waals surface area contributed by atoms with Crippen molar-refractivity contribution in [1.29, 1.82) is 0 Å². The van der Waals surface area contributed by atoms with Crippen LogP contribution in [0.4, 0.5) is 0 Å². The van der Waals surface area contributed by atoms with Crippen LogP contribution in [0, 0.1) is 0 Å². The van der Waals surface area contributed by atoms with Crippen LogP contribution in [0.2, 0.25) is 0 Å². The minimum Gasteiger partial charge on any atom is -0.496 e. The summed E-state index contributed by atoms with van der Waals surface area (Å²) in [7, 11) is 1.65. The van der Waals surface area contributed by atoms with E-state index in [1.165, 1.54) is 0 Å². The molecule has 2 atom stereocenters. The molecule has 3 nitrogen and oxygen atoms in total. The van der Waals surface area contributed by atoms with Crippen LogP contribution in [0.15, 0.2) is 24.3 Å². The van der Waals surface area contributed by atoms with Gasteiger partial charge in [-0.2, -0.15) is 0 Å². The van der Waals surface area contributed by atoms with Gasteiger partial charge in [-0.25, -0.2) is 0 Å². The van der Waals surface area contributed by atoms with E-state index < -0.39 is 5.60 Å². The van der Waals surface area contributed by atoms with Gasteiger partial charge in [0, 0.05) is 12.0 Å². The van der Waals surface area contributed by atoms with Crippen LogP contribution < -0.4 is 4.74 Å². The first-order chi connectivity index (χ1) is 7.65. The van der Waals surface area contributed by atoms with E-state index in [0.29, 0.717) is 19.4 Å². The highest BCUT2D eigenvalue weighted by molar-refractivity contribution is 5.38. The molecular formula is C13H18O3. The maximum Gasteiger partial charge on any atom is 0.124 e. The summed E-state index contributed by atoms with van der Waals surface area (Å²) >= 11 is 0. The Bertz CT molecular complexity index is 364. The predicted molar refractivity (Wildman–Crippen MR) is 61.5 cm³/mol. The Labute approximate surface area is 96.0 Å². The van der Waals surface area contributed by atoms with Gasteiger partial charge in [0.25, 0.3) is 0 Å². The summed E-state index contributed by atoms with van der Waals surface area (Å²) in [5, 5.41) is 9.75. The number of para-hydroxylation sites is 1. The van der Waals surface area contributed by atoms with Crippen LogP contribution in [0.5, 0.6) is 5.75 Å². The summed E-state index contributed by atoms with van der Waals surface area (Å²) < 4.78 is 11.2. The van der Waals surface area contributed by atoms with E-state index in [0.717, 1.165) is 11.3 Å². The molecular weight excluding hydrogens is 204 g/mol. The second-order valence-corrected chi connectivity index (χ2v) is 4.43. The highest BCUT2D eigenvalue weighted by Crippen LogP contribution is 2.39. The van der Waals surface area contributed by atoms with Crippen LogP contribution >= 0.6 is 0 Å². The van der Waals surface area contributed by atoms with Crippen molar-refractivity contribution in [3.8, 4) is 5.75 Å². The summed E-state index contributed by atoms with van der Waals surface area (Å²) in [6.07, 6.45) is 1.04. The molecule has 1 aliphatic heterocycles. The molecule has 1 aliphatic rings. The van der Waals surface area contributed by atoms with E-state index in [1.807, 2.05) is 31.2 Å². The quantitative estimate of drug-likeness (QED) is 0.832. The number of aliphatic hydroxyl groups is 1. The fraction of sp³-hybridized carbons (Fsp3) is 0.538. The summed E-state index contributed by atoms with van der Waals surface area (Å²) in [5.74, 6) is 0.819. The van der Waals surface area contributed by atoms with Gasteiger partial charge >= 0.3 is 0 Å². The largest absolute Gasteiger partial charge is 0.496 e. The van der Waals surface area contributed by atoms with Crippen molar-refractivity contribution in [3.05, 3.63) is 29.8 Å². The maximum atomic E-state index is 9.75. The van der Waals surface area contributed by atoms with E-state index >= 15 is 0 Å². The van der Waals surface area contributed by atoms with E-state index in [4.69, 9.17) is 9.47 Å². The third kappa shape index (κ3) is 2.06. The lowest BCUT2D eigenvalue weighted by Crippen LogP contribution is -2.37. The van der Waals surface area contributed by atoms with Crippen molar-refractivity contribution < 1.29 is 14.6 Å². The number of hydrogen-bond acceptors (Lipinski definition) is 3. The van der Waals surface area contributed by atoms with E-state index in [2.05, 4.69) is 0 Å². The third-order valence-corrected chi connectivity index (χ3v) is 3.17. The Morgan fingerprint density at radius 3 is 2.88 bits per heavy atom. The number of aliphatic hydroxyl groups excluding tert-OH is 1. The molecule has 1 fully saturated rings. The summed E-state index contributed by atoms with van der Waals surface area (Å²) in [5.41, 5.74) is 0.570. The molecule has 88 valence electrons. The lowest BCUT2D eigenvalue weighted by atomic mass is 9.86. The van der Waals surface area contributed by atoms with Crippen molar-refractivity contribution in [3.63, 3.8) is 0 Å². The number of methoxy groups -OCH3 is 1. The lowest BCUT2D eigenvalue weighted by molar-refractivity contribution is -0.113. The molecule has 1 aromatic rings. The maximum absolute atomic E-state index is 9.75. The number of hydrogen-bond donors (Lipinski definition) is 1. The van der Waals surface area contributed by atoms with Crippen molar-refractivity contribution in [1.82, 2.24) is 0 Å². The van der Waals surface area contributed by atoms with Crippen LogP contribution in [-0.2, 0) is 10.3 Å². The van der Waals surface area contributed by atoms with Gasteiger partial charge in [0.2, 0.25) is 0 Å². The lowest BCUT2D eigenvalue weighted by Gasteiger charge is -2.37. The van der Waals surface area contributed by atoms with Crippen LogP contribution in [0.1, 0.15) is 25.3 Å². The molecule has 0 aliphatic carbocycles. The molecule has 2 rings (SSSR count). The second-order valence-electron chi connectivity index (χ2n) is 4.43. The zero-order valence-corrected chi connectivity index (χ0v) is 9.77. The van der Waals surface area contributed by atoms with Gasteiger partial charge in [0.1, 0.15) is 5.75 Å². The average molecular weight is 222 g/mol. The minimum absolute atomic E-state index is 0.288. The van der Waals surface area contributed by atoms with E-state index in [-0.39, 0.29) is 6.10 Å². The molecule has 0 saturated carbocycles. The molecule has 1 aromatic carbocycles. The number of rotatable bonds is 2. The molecule has 1 saturated heterocycles. The summed E-state index contributed by atoms with van der Waals surface area (Å²) in [6, 6.07) is 7.82. The van der Waals surface area contributed by atoms with Crippen molar-refractivity contribution in [2.24, 2.45) is 0 Å². The first kappa shape index (κ1) is 11.4. The zero-order valence-electron chi connectivity index (χ0n) is 9.77. The monoisotopic (exact) mass is 222 g/mol. The predicted octanol–water partition coefficient (Wildman–Crippen LogP) is 2.08. The molecule has 0 amide bonds. The summed E-state index contributed by atoms with van der Waals surface area (Å²) in [6.45, 7) is 2.60. The zero-order chi connectivity index (χ0) is 11.6. The fourth-order valence-electron chi connectivity index (χ4n) is 2.30. The Hall–Kier alpha value is -1.06. The number of ether oxygens (including phenoxy) is 2. The molecule has 3 heteroatoms. The van der Waals surface area contributed by atoms with Gasteiger partial charge in [0.05, 0.1) is 25.4 Å². The minimum atomic E-state index is -0.440. The molecule has 0 aromatic heterocycles. The topological polar surface area (TPSA) is 38.7 Å². The standard InChI is InChI=1S/C13H18O3/c1-13(9-10(14)7-8-16-13)11-5-3-4-6-12(11)15-2/h3-6,10,14H,7-9H2,1-2H3. The highest BCUT2D eigenvalue weighted by Gasteiger charge is 2.36. The molecule has 0 spiro atoms. The smallest absolute Gasteiger partial charge is 0.124 e. The van der Waals surface area contributed by atoms with Gasteiger partial charge in [-0.15, -0.1) is 0 Å². The Kier molecular flexibility index (Phi) is 3.17. The number of benzene rings is 1. The van der Waals surface area contributed by atoms with Crippen LogP contribution in [-0.4, -0.2) is 24.9 Å².